The van der Waals surface area contributed by atoms with E-state index in [1.54, 1.807) is 6.20 Å². The number of para-hydroxylation sites is 1. The van der Waals surface area contributed by atoms with Crippen molar-refractivity contribution in [3.05, 3.63) is 50.0 Å². The summed E-state index contributed by atoms with van der Waals surface area (Å²) in [7, 11) is 0. The Morgan fingerprint density at radius 3 is 2.67 bits per heavy atom. The first kappa shape index (κ1) is 11.7. The van der Waals surface area contributed by atoms with Crippen LogP contribution in [-0.4, -0.2) is 4.98 Å². The zero-order valence-corrected chi connectivity index (χ0v) is 9.83. The zero-order chi connectivity index (χ0) is 6.81. The van der Waals surface area contributed by atoms with Crippen LogP contribution >= 0.6 is 0 Å². The van der Waals surface area contributed by atoms with Crippen molar-refractivity contribution in [3.8, 4) is 0 Å². The maximum atomic E-state index is 4.13. The Bertz CT molecular complexity index is 281. The number of aromatic nitrogens is 1. The molecular formula is C10H9NY-2. The topological polar surface area (TPSA) is 12.9 Å². The minimum Gasteiger partial charge on any atom is -0.358 e. The molecule has 1 nitrogen and oxygen atoms in total. The van der Waals surface area contributed by atoms with E-state index in [2.05, 4.69) is 11.1 Å². The van der Waals surface area contributed by atoms with Gasteiger partial charge in [-0.05, 0) is 5.52 Å². The minimum atomic E-state index is 0. The maximum Gasteiger partial charge on any atom is 0.0239 e. The van der Waals surface area contributed by atoms with Crippen LogP contribution in [0.2, 0.25) is 0 Å². The molecule has 1 heterocycles. The van der Waals surface area contributed by atoms with Gasteiger partial charge in [0.2, 0.25) is 0 Å². The van der Waals surface area contributed by atoms with E-state index >= 15 is 0 Å². The van der Waals surface area contributed by atoms with Gasteiger partial charge in [0.05, 0.1) is 0 Å². The molecule has 0 spiro atoms. The monoisotopic (exact) mass is 232 g/mol. The molecule has 0 aliphatic rings. The summed E-state index contributed by atoms with van der Waals surface area (Å²) in [6.45, 7) is 0. The third-order valence-corrected chi connectivity index (χ3v) is 1.43. The molecule has 0 aliphatic carbocycles. The quantitative estimate of drug-likeness (QED) is 0.636. The second-order valence-electron chi connectivity index (χ2n) is 2.11. The third kappa shape index (κ3) is 2.36. The van der Waals surface area contributed by atoms with Gasteiger partial charge in [-0.1, -0.05) is 6.07 Å². The number of hydrogen-bond acceptors (Lipinski definition) is 1. The van der Waals surface area contributed by atoms with E-state index in [1.807, 2.05) is 30.3 Å². The van der Waals surface area contributed by atoms with Crippen LogP contribution in [-0.2, 0) is 32.7 Å². The van der Waals surface area contributed by atoms with Crippen LogP contribution < -0.4 is 0 Å². The van der Waals surface area contributed by atoms with Crippen molar-refractivity contribution >= 4 is 10.9 Å². The van der Waals surface area contributed by atoms with Crippen LogP contribution in [0.1, 0.15) is 0 Å². The van der Waals surface area contributed by atoms with E-state index < -0.39 is 0 Å². The minimum absolute atomic E-state index is 0. The summed E-state index contributed by atoms with van der Waals surface area (Å²) in [5, 5.41) is 1.14. The van der Waals surface area contributed by atoms with Crippen molar-refractivity contribution in [2.75, 3.05) is 0 Å². The summed E-state index contributed by atoms with van der Waals surface area (Å²) in [6, 6.07) is 12.9. The Labute approximate surface area is 98.1 Å². The standard InChI is InChI=1S/C9H6N.CH3.Y/c1-2-6-9-8(4-1)5-3-7-10-9;;/h1-5,7H;1H3;/q2*-1;. The Morgan fingerprint density at radius 1 is 1.17 bits per heavy atom. The fraction of sp³-hybridized carbons (Fsp3) is 0. The second kappa shape index (κ2) is 5.39. The first-order valence-electron chi connectivity index (χ1n) is 3.18. The fourth-order valence-corrected chi connectivity index (χ4v) is 0.952. The van der Waals surface area contributed by atoms with E-state index in [4.69, 9.17) is 0 Å². The Hall–Kier alpha value is -0.266. The molecule has 59 valence electrons. The van der Waals surface area contributed by atoms with Crippen LogP contribution in [0.3, 0.4) is 0 Å². The molecule has 0 atom stereocenters. The molecular weight excluding hydrogens is 223 g/mol. The van der Waals surface area contributed by atoms with Crippen molar-refractivity contribution in [2.45, 2.75) is 0 Å². The van der Waals surface area contributed by atoms with Crippen molar-refractivity contribution in [1.82, 2.24) is 4.98 Å². The first-order valence-corrected chi connectivity index (χ1v) is 3.18. The molecule has 1 radical (unpaired) electrons. The summed E-state index contributed by atoms with van der Waals surface area (Å²) in [5.41, 5.74) is 0.935. The number of nitrogens with zero attached hydrogens (tertiary/aromatic N) is 1. The van der Waals surface area contributed by atoms with Gasteiger partial charge in [-0.2, -0.15) is 24.3 Å². The van der Waals surface area contributed by atoms with Gasteiger partial charge in [0.25, 0.3) is 0 Å². The molecule has 2 rings (SSSR count). The fourth-order valence-electron chi connectivity index (χ4n) is 0.952. The van der Waals surface area contributed by atoms with Gasteiger partial charge in [-0.3, -0.25) is 4.98 Å². The molecule has 0 fully saturated rings. The number of rotatable bonds is 0. The van der Waals surface area contributed by atoms with Crippen molar-refractivity contribution in [1.29, 1.82) is 0 Å². The van der Waals surface area contributed by atoms with Gasteiger partial charge in [0, 0.05) is 38.9 Å². The smallest absolute Gasteiger partial charge is 0.0239 e. The summed E-state index contributed by atoms with van der Waals surface area (Å²) in [5.74, 6) is 0. The molecule has 0 unspecified atom stereocenters. The van der Waals surface area contributed by atoms with Gasteiger partial charge in [-0.25, -0.2) is 0 Å². The maximum absolute atomic E-state index is 4.13. The SMILES string of the molecule is [CH3-].[Y].[c-]1cccc2cccnc12. The van der Waals surface area contributed by atoms with Crippen molar-refractivity contribution in [3.63, 3.8) is 0 Å². The number of pyridine rings is 1. The predicted molar refractivity (Wildman–Crippen MR) is 47.0 cm³/mol. The van der Waals surface area contributed by atoms with Gasteiger partial charge in [-0.15, -0.1) is 11.5 Å². The second-order valence-corrected chi connectivity index (χ2v) is 2.11. The molecule has 1 aromatic carbocycles. The molecule has 2 heteroatoms. The third-order valence-electron chi connectivity index (χ3n) is 1.43. The van der Waals surface area contributed by atoms with Crippen LogP contribution in [0.15, 0.2) is 36.5 Å². The summed E-state index contributed by atoms with van der Waals surface area (Å²) in [4.78, 5) is 4.13. The average Bonchev–Trinajstić information content (AvgIpc) is 2.05. The molecule has 12 heavy (non-hydrogen) atoms. The Balaban J connectivity index is 0.000000605. The molecule has 0 N–H and O–H groups in total. The molecule has 0 saturated carbocycles. The van der Waals surface area contributed by atoms with Crippen molar-refractivity contribution in [2.24, 2.45) is 0 Å². The molecule has 0 saturated heterocycles. The molecule has 2 aromatic rings. The van der Waals surface area contributed by atoms with E-state index in [0.29, 0.717) is 0 Å². The van der Waals surface area contributed by atoms with Gasteiger partial charge in [0.1, 0.15) is 0 Å². The van der Waals surface area contributed by atoms with Crippen LogP contribution in [0, 0.1) is 13.5 Å². The summed E-state index contributed by atoms with van der Waals surface area (Å²) >= 11 is 0. The Kier molecular flexibility index (Phi) is 5.27. The zero-order valence-electron chi connectivity index (χ0n) is 6.99. The number of benzene rings is 1. The Morgan fingerprint density at radius 2 is 1.92 bits per heavy atom. The normalized spacial score (nSPS) is 8.33. The average molecular weight is 232 g/mol. The predicted octanol–water partition coefficient (Wildman–Crippen LogP) is 2.48. The largest absolute Gasteiger partial charge is 0.358 e. The van der Waals surface area contributed by atoms with E-state index in [0.717, 1.165) is 10.9 Å². The van der Waals surface area contributed by atoms with E-state index in [9.17, 15) is 0 Å². The number of hydrogen-bond donors (Lipinski definition) is 0. The van der Waals surface area contributed by atoms with E-state index in [-0.39, 0.29) is 40.1 Å². The van der Waals surface area contributed by atoms with Gasteiger partial charge in [0.15, 0.2) is 0 Å². The van der Waals surface area contributed by atoms with Gasteiger partial charge < -0.3 is 7.43 Å². The molecule has 0 bridgehead atoms. The first-order chi connectivity index (χ1) is 4.97. The van der Waals surface area contributed by atoms with Crippen LogP contribution in [0.25, 0.3) is 10.9 Å². The summed E-state index contributed by atoms with van der Waals surface area (Å²) < 4.78 is 0. The van der Waals surface area contributed by atoms with E-state index in [1.165, 1.54) is 0 Å². The van der Waals surface area contributed by atoms with Crippen molar-refractivity contribution < 1.29 is 32.7 Å². The van der Waals surface area contributed by atoms with Crippen LogP contribution in [0.4, 0.5) is 0 Å². The van der Waals surface area contributed by atoms with Gasteiger partial charge >= 0.3 is 0 Å². The molecule has 1 aromatic heterocycles. The summed E-state index contributed by atoms with van der Waals surface area (Å²) in [6.07, 6.45) is 1.78. The van der Waals surface area contributed by atoms with Crippen LogP contribution in [0.5, 0.6) is 0 Å². The number of fused-ring (bicyclic) bond motifs is 1. The molecule has 0 amide bonds. The molecule has 0 aliphatic heterocycles.